The lowest BCUT2D eigenvalue weighted by atomic mass is 10.1. The van der Waals surface area contributed by atoms with Crippen molar-refractivity contribution in [2.24, 2.45) is 0 Å². The zero-order valence-corrected chi connectivity index (χ0v) is 18.5. The number of amides is 3. The Hall–Kier alpha value is -4.26. The number of fused-ring (bicyclic) bond motifs is 1. The summed E-state index contributed by atoms with van der Waals surface area (Å²) < 4.78 is 5.10. The predicted molar refractivity (Wildman–Crippen MR) is 124 cm³/mol. The number of hydrogen-bond acceptors (Lipinski definition) is 5. The van der Waals surface area contributed by atoms with Crippen LogP contribution in [0.5, 0.6) is 0 Å². The number of carbonyl (C=O) groups excluding carboxylic acids is 4. The van der Waals surface area contributed by atoms with E-state index in [0.717, 1.165) is 21.6 Å². The van der Waals surface area contributed by atoms with E-state index in [-0.39, 0.29) is 16.7 Å². The van der Waals surface area contributed by atoms with Crippen molar-refractivity contribution < 1.29 is 23.9 Å². The Kier molecular flexibility index (Phi) is 5.79. The molecule has 0 aromatic heterocycles. The summed E-state index contributed by atoms with van der Waals surface area (Å²) in [4.78, 5) is 51.6. The number of anilines is 2. The predicted octanol–water partition coefficient (Wildman–Crippen LogP) is 4.21. The fourth-order valence-corrected chi connectivity index (χ4v) is 3.68. The molecule has 1 N–H and O–H groups in total. The zero-order valence-electron chi connectivity index (χ0n) is 18.5. The Bertz CT molecular complexity index is 1310. The second kappa shape index (κ2) is 8.70. The van der Waals surface area contributed by atoms with Gasteiger partial charge in [-0.1, -0.05) is 24.3 Å². The lowest BCUT2D eigenvalue weighted by molar-refractivity contribution is -0.119. The molecule has 0 unspecified atom stereocenters. The van der Waals surface area contributed by atoms with Crippen LogP contribution in [0, 0.1) is 20.8 Å². The molecule has 3 aromatic carbocycles. The zero-order chi connectivity index (χ0) is 23.7. The highest BCUT2D eigenvalue weighted by molar-refractivity contribution is 6.35. The summed E-state index contributed by atoms with van der Waals surface area (Å²) in [7, 11) is 0. The lowest BCUT2D eigenvalue weighted by Gasteiger charge is -2.17. The second-order valence-corrected chi connectivity index (χ2v) is 7.99. The van der Waals surface area contributed by atoms with Gasteiger partial charge in [0.2, 0.25) is 0 Å². The van der Waals surface area contributed by atoms with Gasteiger partial charge in [0.1, 0.15) is 0 Å². The summed E-state index contributed by atoms with van der Waals surface area (Å²) in [5.41, 5.74) is 4.23. The van der Waals surface area contributed by atoms with Crippen LogP contribution in [0.4, 0.5) is 11.4 Å². The molecule has 166 valence electrons. The van der Waals surface area contributed by atoms with Gasteiger partial charge in [-0.25, -0.2) is 9.69 Å². The molecule has 0 saturated heterocycles. The molecule has 1 heterocycles. The Morgan fingerprint density at radius 1 is 0.848 bits per heavy atom. The van der Waals surface area contributed by atoms with Gasteiger partial charge in [0.25, 0.3) is 17.7 Å². The molecular formula is C26H22N2O5. The van der Waals surface area contributed by atoms with Gasteiger partial charge in [-0.2, -0.15) is 0 Å². The molecule has 0 bridgehead atoms. The van der Waals surface area contributed by atoms with Crippen molar-refractivity contribution in [3.8, 4) is 0 Å². The van der Waals surface area contributed by atoms with Gasteiger partial charge in [0.15, 0.2) is 6.61 Å². The number of aryl methyl sites for hydroxylation is 3. The largest absolute Gasteiger partial charge is 0.452 e. The second-order valence-electron chi connectivity index (χ2n) is 7.99. The maximum Gasteiger partial charge on any atom is 0.338 e. The molecule has 0 aliphatic carbocycles. The third-order valence-corrected chi connectivity index (χ3v) is 5.36. The van der Waals surface area contributed by atoms with Gasteiger partial charge in [-0.05, 0) is 73.9 Å². The summed E-state index contributed by atoms with van der Waals surface area (Å²) in [5.74, 6) is -2.19. The van der Waals surface area contributed by atoms with Crippen molar-refractivity contribution >= 4 is 35.1 Å². The van der Waals surface area contributed by atoms with Crippen molar-refractivity contribution in [2.45, 2.75) is 20.8 Å². The van der Waals surface area contributed by atoms with Crippen molar-refractivity contribution in [2.75, 3.05) is 16.8 Å². The molecule has 1 aliphatic heterocycles. The monoisotopic (exact) mass is 442 g/mol. The number of nitrogens with zero attached hydrogens (tertiary/aromatic N) is 1. The van der Waals surface area contributed by atoms with E-state index in [4.69, 9.17) is 4.74 Å². The number of rotatable bonds is 5. The molecule has 0 radical (unpaired) electrons. The average molecular weight is 442 g/mol. The van der Waals surface area contributed by atoms with E-state index in [9.17, 15) is 19.2 Å². The topological polar surface area (TPSA) is 92.8 Å². The molecule has 7 heteroatoms. The Morgan fingerprint density at radius 3 is 2.33 bits per heavy atom. The van der Waals surface area contributed by atoms with Gasteiger partial charge < -0.3 is 10.1 Å². The molecule has 33 heavy (non-hydrogen) atoms. The van der Waals surface area contributed by atoms with Crippen molar-refractivity contribution in [3.63, 3.8) is 0 Å². The quantitative estimate of drug-likeness (QED) is 0.472. The summed E-state index contributed by atoms with van der Waals surface area (Å²) in [6.45, 7) is 5.12. The highest BCUT2D eigenvalue weighted by Gasteiger charge is 2.38. The van der Waals surface area contributed by atoms with Crippen LogP contribution >= 0.6 is 0 Å². The normalized spacial score (nSPS) is 12.5. The van der Waals surface area contributed by atoms with Crippen LogP contribution in [0.2, 0.25) is 0 Å². The summed E-state index contributed by atoms with van der Waals surface area (Å²) in [6, 6.07) is 16.9. The van der Waals surface area contributed by atoms with Crippen LogP contribution in [0.1, 0.15) is 47.8 Å². The van der Waals surface area contributed by atoms with Crippen molar-refractivity contribution in [3.05, 3.63) is 94.0 Å². The van der Waals surface area contributed by atoms with E-state index in [1.807, 2.05) is 39.0 Å². The van der Waals surface area contributed by atoms with E-state index in [2.05, 4.69) is 5.32 Å². The minimum atomic E-state index is -0.761. The third-order valence-electron chi connectivity index (χ3n) is 5.36. The van der Waals surface area contributed by atoms with Gasteiger partial charge in [0.05, 0.1) is 22.4 Å². The summed E-state index contributed by atoms with van der Waals surface area (Å²) >= 11 is 0. The maximum atomic E-state index is 13.0. The molecule has 0 fully saturated rings. The smallest absolute Gasteiger partial charge is 0.338 e. The van der Waals surface area contributed by atoms with E-state index in [1.54, 1.807) is 24.3 Å². The molecule has 4 rings (SSSR count). The minimum absolute atomic E-state index is 0.0843. The van der Waals surface area contributed by atoms with Crippen LogP contribution in [0.3, 0.4) is 0 Å². The number of imide groups is 1. The van der Waals surface area contributed by atoms with Crippen molar-refractivity contribution in [1.29, 1.82) is 0 Å². The lowest BCUT2D eigenvalue weighted by Crippen LogP contribution is -2.30. The summed E-state index contributed by atoms with van der Waals surface area (Å²) in [5, 5.41) is 2.66. The van der Waals surface area contributed by atoms with Gasteiger partial charge in [-0.3, -0.25) is 14.4 Å². The minimum Gasteiger partial charge on any atom is -0.452 e. The Morgan fingerprint density at radius 2 is 1.58 bits per heavy atom. The molecule has 7 nitrogen and oxygen atoms in total. The van der Waals surface area contributed by atoms with Gasteiger partial charge in [0, 0.05) is 5.69 Å². The van der Waals surface area contributed by atoms with E-state index < -0.39 is 30.3 Å². The number of hydrogen-bond donors (Lipinski definition) is 1. The number of benzene rings is 3. The fourth-order valence-electron chi connectivity index (χ4n) is 3.68. The first-order valence-corrected chi connectivity index (χ1v) is 10.4. The standard InChI is InChI=1S/C26H22N2O5/c1-15-5-4-6-19(11-15)27-23(29)14-33-26(32)18-9-10-20-21(13-18)25(31)28(24(20)30)22-12-16(2)7-8-17(22)3/h4-13H,14H2,1-3H3,(H,27,29). The van der Waals surface area contributed by atoms with Crippen LogP contribution in [0.15, 0.2) is 60.7 Å². The summed E-state index contributed by atoms with van der Waals surface area (Å²) in [6.07, 6.45) is 0. The van der Waals surface area contributed by atoms with Gasteiger partial charge >= 0.3 is 5.97 Å². The Balaban J connectivity index is 1.48. The molecule has 0 saturated carbocycles. The van der Waals surface area contributed by atoms with Crippen LogP contribution < -0.4 is 10.2 Å². The van der Waals surface area contributed by atoms with Crippen LogP contribution in [0.25, 0.3) is 0 Å². The number of esters is 1. The number of nitrogens with one attached hydrogen (secondary N) is 1. The number of ether oxygens (including phenoxy) is 1. The molecule has 0 atom stereocenters. The average Bonchev–Trinajstić information content (AvgIpc) is 3.03. The number of carbonyl (C=O) groups is 4. The fraction of sp³-hybridized carbons (Fsp3) is 0.154. The highest BCUT2D eigenvalue weighted by Crippen LogP contribution is 2.31. The molecule has 3 amide bonds. The Labute approximate surface area is 191 Å². The first kappa shape index (κ1) is 22.0. The van der Waals surface area contributed by atoms with E-state index >= 15 is 0 Å². The highest BCUT2D eigenvalue weighted by atomic mass is 16.5. The molecule has 1 aliphatic rings. The van der Waals surface area contributed by atoms with Gasteiger partial charge in [-0.15, -0.1) is 0 Å². The third kappa shape index (κ3) is 4.39. The van der Waals surface area contributed by atoms with E-state index in [1.165, 1.54) is 18.2 Å². The van der Waals surface area contributed by atoms with Crippen LogP contribution in [-0.2, 0) is 9.53 Å². The molecule has 3 aromatic rings. The SMILES string of the molecule is Cc1cccc(NC(=O)COC(=O)c2ccc3c(c2)C(=O)N(c2cc(C)ccc2C)C3=O)c1. The molecular weight excluding hydrogens is 420 g/mol. The van der Waals surface area contributed by atoms with E-state index in [0.29, 0.717) is 11.4 Å². The molecule has 0 spiro atoms. The first-order valence-electron chi connectivity index (χ1n) is 10.4. The van der Waals surface area contributed by atoms with Crippen LogP contribution in [-0.4, -0.2) is 30.3 Å². The van der Waals surface area contributed by atoms with Crippen molar-refractivity contribution in [1.82, 2.24) is 0 Å². The maximum absolute atomic E-state index is 13.0. The first-order chi connectivity index (χ1) is 15.7.